The van der Waals surface area contributed by atoms with E-state index in [0.29, 0.717) is 78.8 Å². The number of para-hydroxylation sites is 2. The minimum Gasteiger partial charge on any atom is -0.507 e. The molecule has 336 valence electrons. The molecule has 0 saturated carbocycles. The summed E-state index contributed by atoms with van der Waals surface area (Å²) in [6.45, 7) is 2.73. The molecular formula is C48H42N6O12. The van der Waals surface area contributed by atoms with E-state index in [1.54, 1.807) is 74.5 Å². The number of fused-ring (bicyclic) bond motifs is 8. The van der Waals surface area contributed by atoms with Crippen LogP contribution in [0.3, 0.4) is 0 Å². The third-order valence-electron chi connectivity index (χ3n) is 10.3. The highest BCUT2D eigenvalue weighted by Crippen LogP contribution is 2.41. The van der Waals surface area contributed by atoms with Crippen LogP contribution in [0.25, 0.3) is 0 Å². The molecule has 0 heterocycles. The molecule has 8 bridgehead atoms. The molecule has 0 unspecified atom stereocenters. The summed E-state index contributed by atoms with van der Waals surface area (Å²) in [6, 6.07) is 28.4. The van der Waals surface area contributed by atoms with Gasteiger partial charge in [-0.3, -0.25) is 20.2 Å². The fourth-order valence-electron chi connectivity index (χ4n) is 7.34. The van der Waals surface area contributed by atoms with Crippen LogP contribution in [0.15, 0.2) is 130 Å². The van der Waals surface area contributed by atoms with Gasteiger partial charge in [0.25, 0.3) is 11.4 Å². The predicted molar refractivity (Wildman–Crippen MR) is 239 cm³/mol. The Kier molecular flexibility index (Phi) is 14.3. The molecule has 6 aromatic carbocycles. The first-order chi connectivity index (χ1) is 31.9. The van der Waals surface area contributed by atoms with Crippen molar-refractivity contribution in [1.29, 1.82) is 0 Å². The van der Waals surface area contributed by atoms with E-state index in [0.717, 1.165) is 0 Å². The second-order valence-electron chi connectivity index (χ2n) is 14.9. The van der Waals surface area contributed by atoms with Gasteiger partial charge in [-0.05, 0) is 84.6 Å². The number of rotatable bonds is 14. The third kappa shape index (κ3) is 11.1. The molecule has 6 aromatic rings. The van der Waals surface area contributed by atoms with Crippen LogP contribution in [0.5, 0.6) is 23.0 Å². The number of hydrogen-bond donors (Lipinski definition) is 2. The lowest BCUT2D eigenvalue weighted by molar-refractivity contribution is -0.385. The Bertz CT molecular complexity index is 2580. The smallest absolute Gasteiger partial charge is 0.344 e. The molecule has 0 spiro atoms. The van der Waals surface area contributed by atoms with Crippen LogP contribution in [-0.4, -0.2) is 58.4 Å². The predicted octanol–water partition coefficient (Wildman–Crippen LogP) is 10.3. The Morgan fingerprint density at radius 1 is 0.500 bits per heavy atom. The summed E-state index contributed by atoms with van der Waals surface area (Å²) in [7, 11) is 0. The number of azo groups is 2. The highest BCUT2D eigenvalue weighted by Gasteiger charge is 2.23. The van der Waals surface area contributed by atoms with Crippen molar-refractivity contribution in [2.45, 2.75) is 39.5 Å². The SMILES string of the molecule is CCOC(=O)COc1c2cccc1Cc1cc(N=Nc3ccc([N+](=O)[O-])cc3)cc(c1O)Cc1cccc(c1OCC(=O)OCC)Cc1cc(N=Nc3ccc([N+](=O)[O-])cc3)cc(c1O)C2. The van der Waals surface area contributed by atoms with E-state index in [2.05, 4.69) is 20.5 Å². The van der Waals surface area contributed by atoms with Crippen molar-refractivity contribution >= 4 is 46.1 Å². The molecule has 0 amide bonds. The van der Waals surface area contributed by atoms with Crippen molar-refractivity contribution < 1.29 is 48.6 Å². The first-order valence-electron chi connectivity index (χ1n) is 20.7. The van der Waals surface area contributed by atoms with Crippen molar-refractivity contribution in [3.63, 3.8) is 0 Å². The zero-order chi connectivity index (χ0) is 46.7. The van der Waals surface area contributed by atoms with Gasteiger partial charge in [0.15, 0.2) is 13.2 Å². The van der Waals surface area contributed by atoms with Crippen molar-refractivity contribution in [3.05, 3.63) is 174 Å². The van der Waals surface area contributed by atoms with Gasteiger partial charge >= 0.3 is 11.9 Å². The fourth-order valence-corrected chi connectivity index (χ4v) is 7.34. The summed E-state index contributed by atoms with van der Waals surface area (Å²) in [6.07, 6.45) is 0.217. The van der Waals surface area contributed by atoms with Crippen molar-refractivity contribution in [1.82, 2.24) is 0 Å². The number of non-ortho nitro benzene ring substituents is 2. The topological polar surface area (TPSA) is 247 Å². The van der Waals surface area contributed by atoms with E-state index in [1.807, 2.05) is 0 Å². The number of carbonyl (C=O) groups is 2. The van der Waals surface area contributed by atoms with E-state index in [9.17, 15) is 40.0 Å². The summed E-state index contributed by atoms with van der Waals surface area (Å²) >= 11 is 0. The Labute approximate surface area is 377 Å². The van der Waals surface area contributed by atoms with Crippen molar-refractivity contribution in [2.75, 3.05) is 26.4 Å². The number of nitro groups is 2. The van der Waals surface area contributed by atoms with Gasteiger partial charge in [-0.15, -0.1) is 0 Å². The third-order valence-corrected chi connectivity index (χ3v) is 10.3. The van der Waals surface area contributed by atoms with Gasteiger partial charge < -0.3 is 29.2 Å². The summed E-state index contributed by atoms with van der Waals surface area (Å²) in [4.78, 5) is 46.8. The minimum atomic E-state index is -0.611. The molecule has 2 N–H and O–H groups in total. The lowest BCUT2D eigenvalue weighted by Crippen LogP contribution is -2.16. The second kappa shape index (κ2) is 20.8. The lowest BCUT2D eigenvalue weighted by Gasteiger charge is -2.20. The molecule has 18 nitrogen and oxygen atoms in total. The Balaban J connectivity index is 1.40. The maximum atomic E-state index is 12.7. The van der Waals surface area contributed by atoms with Crippen molar-refractivity contribution in [2.24, 2.45) is 20.5 Å². The second-order valence-corrected chi connectivity index (χ2v) is 14.9. The number of benzene rings is 6. The number of ether oxygens (including phenoxy) is 4. The molecule has 1 aliphatic carbocycles. The van der Waals surface area contributed by atoms with E-state index in [4.69, 9.17) is 18.9 Å². The number of aromatic hydroxyl groups is 2. The largest absolute Gasteiger partial charge is 0.507 e. The Morgan fingerprint density at radius 2 is 0.803 bits per heavy atom. The molecular weight excluding hydrogens is 853 g/mol. The van der Waals surface area contributed by atoms with E-state index >= 15 is 0 Å². The number of phenolic OH excluding ortho intramolecular Hbond substituents is 2. The molecule has 7 rings (SSSR count). The molecule has 66 heavy (non-hydrogen) atoms. The zero-order valence-corrected chi connectivity index (χ0v) is 35.7. The van der Waals surface area contributed by atoms with Gasteiger partial charge in [0.1, 0.15) is 23.0 Å². The zero-order valence-electron chi connectivity index (χ0n) is 35.7. The van der Waals surface area contributed by atoms with E-state index < -0.39 is 35.0 Å². The molecule has 0 atom stereocenters. The van der Waals surface area contributed by atoms with Gasteiger partial charge in [0.05, 0.1) is 45.8 Å². The van der Waals surface area contributed by atoms with Crippen LogP contribution in [0.1, 0.15) is 58.4 Å². The molecule has 0 saturated heterocycles. The first kappa shape index (κ1) is 45.5. The summed E-state index contributed by atoms with van der Waals surface area (Å²) < 4.78 is 22.8. The summed E-state index contributed by atoms with van der Waals surface area (Å²) in [5.74, 6) is -0.776. The van der Waals surface area contributed by atoms with Gasteiger partial charge in [-0.25, -0.2) is 9.59 Å². The fraction of sp³-hybridized carbons (Fsp3) is 0.208. The standard InChI is InChI=1S/C48H42N6O12/c1-3-63-43(55)27-65-47-29-7-5-8-30(47)20-34-24-40(52-50-38-13-17-42(18-14-38)54(61)62)26-36(46(34)58)22-32-10-6-9-31(48(32)66-28-44(56)64-4-2)21-35-25-39(23-33(19-29)45(35)57)51-49-37-11-15-41(16-12-37)53(59)60/h5-18,23-26,57-58H,3-4,19-22,27-28H2,1-2H3. The number of nitro benzene ring substituents is 2. The highest BCUT2D eigenvalue weighted by molar-refractivity contribution is 5.72. The van der Waals surface area contributed by atoms with Crippen molar-refractivity contribution in [3.8, 4) is 23.0 Å². The van der Waals surface area contributed by atoms with Crippen LogP contribution < -0.4 is 9.47 Å². The molecule has 0 fully saturated rings. The monoisotopic (exact) mass is 894 g/mol. The normalized spacial score (nSPS) is 12.2. The minimum absolute atomic E-state index is 0.0543. The van der Waals surface area contributed by atoms with Gasteiger partial charge in [-0.2, -0.15) is 20.5 Å². The maximum absolute atomic E-state index is 12.7. The molecule has 0 aromatic heterocycles. The number of phenols is 2. The average Bonchev–Trinajstić information content (AvgIpc) is 3.30. The summed E-state index contributed by atoms with van der Waals surface area (Å²) in [5, 5.41) is 64.2. The summed E-state index contributed by atoms with van der Waals surface area (Å²) in [5.41, 5.74) is 4.99. The van der Waals surface area contributed by atoms with Crippen LogP contribution >= 0.6 is 0 Å². The number of carbonyl (C=O) groups excluding carboxylic acids is 2. The van der Waals surface area contributed by atoms with Gasteiger partial charge in [-0.1, -0.05) is 36.4 Å². The van der Waals surface area contributed by atoms with Crippen LogP contribution in [0.4, 0.5) is 34.1 Å². The average molecular weight is 895 g/mol. The first-order valence-corrected chi connectivity index (χ1v) is 20.7. The molecule has 0 aliphatic heterocycles. The van der Waals surface area contributed by atoms with Crippen LogP contribution in [0, 0.1) is 20.2 Å². The van der Waals surface area contributed by atoms with E-state index in [-0.39, 0.29) is 61.8 Å². The highest BCUT2D eigenvalue weighted by atomic mass is 16.6. The molecule has 18 heteroatoms. The van der Waals surface area contributed by atoms with Gasteiger partial charge in [0.2, 0.25) is 0 Å². The quantitative estimate of drug-likeness (QED) is 0.0448. The van der Waals surface area contributed by atoms with Gasteiger partial charge in [0, 0.05) is 72.2 Å². The number of hydrogen-bond acceptors (Lipinski definition) is 16. The Hall–Kier alpha value is -8.54. The molecule has 1 aliphatic rings. The lowest BCUT2D eigenvalue weighted by atomic mass is 9.91. The van der Waals surface area contributed by atoms with Crippen LogP contribution in [-0.2, 0) is 44.7 Å². The van der Waals surface area contributed by atoms with E-state index in [1.165, 1.54) is 48.5 Å². The maximum Gasteiger partial charge on any atom is 0.344 e. The molecule has 0 radical (unpaired) electrons. The number of esters is 2. The van der Waals surface area contributed by atoms with Crippen LogP contribution in [0.2, 0.25) is 0 Å². The number of nitrogens with zero attached hydrogens (tertiary/aromatic N) is 6. The Morgan fingerprint density at radius 3 is 1.09 bits per heavy atom.